The zero-order valence-corrected chi connectivity index (χ0v) is 14.2. The van der Waals surface area contributed by atoms with E-state index in [0.29, 0.717) is 29.4 Å². The van der Waals surface area contributed by atoms with Crippen molar-refractivity contribution in [2.75, 3.05) is 46.4 Å². The van der Waals surface area contributed by atoms with Gasteiger partial charge in [0, 0.05) is 44.7 Å². The molecule has 1 fully saturated rings. The van der Waals surface area contributed by atoms with E-state index in [1.807, 2.05) is 13.0 Å². The number of rotatable bonds is 7. The zero-order chi connectivity index (χ0) is 15.9. The summed E-state index contributed by atoms with van der Waals surface area (Å²) in [4.78, 5) is 17.0. The van der Waals surface area contributed by atoms with E-state index in [1.165, 1.54) is 0 Å². The van der Waals surface area contributed by atoms with E-state index in [4.69, 9.17) is 16.3 Å². The molecule has 0 aromatic heterocycles. The molecule has 0 saturated carbocycles. The second kappa shape index (κ2) is 8.51. The number of piperazine rings is 1. The molecule has 4 nitrogen and oxygen atoms in total. The van der Waals surface area contributed by atoms with Crippen LogP contribution in [0.3, 0.4) is 0 Å². The van der Waals surface area contributed by atoms with Crippen molar-refractivity contribution in [3.8, 4) is 5.75 Å². The highest BCUT2D eigenvalue weighted by atomic mass is 35.5. The highest BCUT2D eigenvalue weighted by molar-refractivity contribution is 6.32. The van der Waals surface area contributed by atoms with Crippen LogP contribution in [-0.4, -0.2) is 62.0 Å². The molecule has 0 spiro atoms. The first-order valence-electron chi connectivity index (χ1n) is 7.96. The molecule has 1 aliphatic rings. The van der Waals surface area contributed by atoms with Crippen LogP contribution >= 0.6 is 11.6 Å². The number of likely N-dealkylation sites (N-methyl/N-ethyl adjacent to an activating group) is 1. The maximum absolute atomic E-state index is 12.3. The summed E-state index contributed by atoms with van der Waals surface area (Å²) in [6, 6.07) is 5.32. The van der Waals surface area contributed by atoms with Gasteiger partial charge in [0.25, 0.3) is 0 Å². The molecule has 0 N–H and O–H groups in total. The van der Waals surface area contributed by atoms with Crippen LogP contribution in [0, 0.1) is 0 Å². The number of ether oxygens (including phenoxy) is 1. The van der Waals surface area contributed by atoms with Gasteiger partial charge in [0.15, 0.2) is 5.78 Å². The standard InChI is InChI=1S/C17H25ClN2O2/c1-3-12-22-17-5-4-14(13-15(17)18)16(21)6-7-20-10-8-19(2)9-11-20/h4-5,13H,3,6-12H2,1-2H3. The number of benzene rings is 1. The van der Waals surface area contributed by atoms with Gasteiger partial charge in [0.05, 0.1) is 11.6 Å². The molecule has 1 aromatic carbocycles. The summed E-state index contributed by atoms with van der Waals surface area (Å²) in [7, 11) is 2.13. The minimum Gasteiger partial charge on any atom is -0.492 e. The summed E-state index contributed by atoms with van der Waals surface area (Å²) < 4.78 is 5.53. The molecule has 0 atom stereocenters. The first kappa shape index (κ1) is 17.3. The van der Waals surface area contributed by atoms with E-state index in [2.05, 4.69) is 16.8 Å². The van der Waals surface area contributed by atoms with E-state index in [1.54, 1.807) is 12.1 Å². The maximum Gasteiger partial charge on any atom is 0.164 e. The number of carbonyl (C=O) groups excluding carboxylic acids is 1. The number of hydrogen-bond donors (Lipinski definition) is 0. The maximum atomic E-state index is 12.3. The van der Waals surface area contributed by atoms with Crippen LogP contribution in [0.5, 0.6) is 5.75 Å². The summed E-state index contributed by atoms with van der Waals surface area (Å²) in [5.41, 5.74) is 0.669. The van der Waals surface area contributed by atoms with Crippen molar-refractivity contribution in [3.05, 3.63) is 28.8 Å². The molecule has 1 aliphatic heterocycles. The summed E-state index contributed by atoms with van der Waals surface area (Å²) in [6.45, 7) is 7.72. The number of hydrogen-bond acceptors (Lipinski definition) is 4. The van der Waals surface area contributed by atoms with E-state index < -0.39 is 0 Å². The summed E-state index contributed by atoms with van der Waals surface area (Å²) >= 11 is 6.18. The van der Waals surface area contributed by atoms with E-state index in [0.717, 1.165) is 39.1 Å². The topological polar surface area (TPSA) is 32.8 Å². The fourth-order valence-corrected chi connectivity index (χ4v) is 2.71. The average Bonchev–Trinajstić information content (AvgIpc) is 2.53. The Bertz CT molecular complexity index is 499. The van der Waals surface area contributed by atoms with Gasteiger partial charge < -0.3 is 14.5 Å². The Labute approximate surface area is 138 Å². The minimum absolute atomic E-state index is 0.142. The third-order valence-corrected chi connectivity index (χ3v) is 4.26. The third-order valence-electron chi connectivity index (χ3n) is 3.97. The summed E-state index contributed by atoms with van der Waals surface area (Å²) in [5.74, 6) is 0.794. The first-order valence-corrected chi connectivity index (χ1v) is 8.34. The van der Waals surface area contributed by atoms with Gasteiger partial charge in [-0.3, -0.25) is 4.79 Å². The average molecular weight is 325 g/mol. The van der Waals surface area contributed by atoms with Gasteiger partial charge in [-0.15, -0.1) is 0 Å². The van der Waals surface area contributed by atoms with Crippen molar-refractivity contribution in [1.29, 1.82) is 0 Å². The molecule has 2 rings (SSSR count). The van der Waals surface area contributed by atoms with Gasteiger partial charge in [0.1, 0.15) is 5.75 Å². The lowest BCUT2D eigenvalue weighted by molar-refractivity contribution is 0.0942. The molecule has 1 aromatic rings. The first-order chi connectivity index (χ1) is 10.6. The molecule has 0 unspecified atom stereocenters. The molecule has 0 aliphatic carbocycles. The second-order valence-corrected chi connectivity index (χ2v) is 6.22. The number of nitrogens with zero attached hydrogens (tertiary/aromatic N) is 2. The fraction of sp³-hybridized carbons (Fsp3) is 0.588. The van der Waals surface area contributed by atoms with Crippen LogP contribution in [0.2, 0.25) is 5.02 Å². The van der Waals surface area contributed by atoms with Gasteiger partial charge in [0.2, 0.25) is 0 Å². The lowest BCUT2D eigenvalue weighted by Gasteiger charge is -2.32. The van der Waals surface area contributed by atoms with Crippen molar-refractivity contribution < 1.29 is 9.53 Å². The van der Waals surface area contributed by atoms with Crippen LogP contribution in [0.4, 0.5) is 0 Å². The molecular weight excluding hydrogens is 300 g/mol. The van der Waals surface area contributed by atoms with E-state index in [9.17, 15) is 4.79 Å². The van der Waals surface area contributed by atoms with Gasteiger partial charge in [-0.2, -0.15) is 0 Å². The van der Waals surface area contributed by atoms with Crippen LogP contribution in [-0.2, 0) is 0 Å². The number of carbonyl (C=O) groups is 1. The molecule has 22 heavy (non-hydrogen) atoms. The second-order valence-electron chi connectivity index (χ2n) is 5.81. The van der Waals surface area contributed by atoms with Crippen molar-refractivity contribution in [3.63, 3.8) is 0 Å². The summed E-state index contributed by atoms with van der Waals surface area (Å²) in [6.07, 6.45) is 1.47. The molecule has 0 amide bonds. The van der Waals surface area contributed by atoms with Crippen molar-refractivity contribution in [2.45, 2.75) is 19.8 Å². The highest BCUT2D eigenvalue weighted by Gasteiger charge is 2.16. The number of Topliss-reactive ketones (excluding diaryl/α,β-unsaturated/α-hetero) is 1. The van der Waals surface area contributed by atoms with Crippen LogP contribution in [0.25, 0.3) is 0 Å². The molecule has 0 radical (unpaired) electrons. The molecular formula is C17H25ClN2O2. The van der Waals surface area contributed by atoms with Gasteiger partial charge >= 0.3 is 0 Å². The van der Waals surface area contributed by atoms with Crippen LogP contribution in [0.1, 0.15) is 30.1 Å². The van der Waals surface area contributed by atoms with Crippen molar-refractivity contribution >= 4 is 17.4 Å². The SMILES string of the molecule is CCCOc1ccc(C(=O)CCN2CCN(C)CC2)cc1Cl. The third kappa shape index (κ3) is 4.97. The minimum atomic E-state index is 0.142. The van der Waals surface area contributed by atoms with Gasteiger partial charge in [-0.25, -0.2) is 0 Å². The molecule has 0 bridgehead atoms. The Kier molecular flexibility index (Phi) is 6.68. The molecule has 5 heteroatoms. The monoisotopic (exact) mass is 324 g/mol. The Hall–Kier alpha value is -1.10. The van der Waals surface area contributed by atoms with Crippen LogP contribution < -0.4 is 4.74 Å². The van der Waals surface area contributed by atoms with Crippen molar-refractivity contribution in [2.24, 2.45) is 0 Å². The Morgan fingerprint density at radius 2 is 2.00 bits per heavy atom. The molecule has 1 saturated heterocycles. The molecule has 1 heterocycles. The van der Waals surface area contributed by atoms with E-state index in [-0.39, 0.29) is 5.78 Å². The smallest absolute Gasteiger partial charge is 0.164 e. The predicted molar refractivity (Wildman–Crippen MR) is 90.1 cm³/mol. The van der Waals surface area contributed by atoms with Crippen LogP contribution in [0.15, 0.2) is 18.2 Å². The largest absolute Gasteiger partial charge is 0.492 e. The van der Waals surface area contributed by atoms with E-state index >= 15 is 0 Å². The number of ketones is 1. The Balaban J connectivity index is 1.85. The van der Waals surface area contributed by atoms with Gasteiger partial charge in [-0.05, 0) is 31.7 Å². The quantitative estimate of drug-likeness (QED) is 0.722. The van der Waals surface area contributed by atoms with Crippen molar-refractivity contribution in [1.82, 2.24) is 9.80 Å². The zero-order valence-electron chi connectivity index (χ0n) is 13.5. The lowest BCUT2D eigenvalue weighted by Crippen LogP contribution is -2.45. The number of halogens is 1. The predicted octanol–water partition coefficient (Wildman–Crippen LogP) is 2.95. The van der Waals surface area contributed by atoms with Gasteiger partial charge in [-0.1, -0.05) is 18.5 Å². The fourth-order valence-electron chi connectivity index (χ4n) is 2.48. The summed E-state index contributed by atoms with van der Waals surface area (Å²) in [5, 5.41) is 0.513. The normalized spacial score (nSPS) is 16.7. The highest BCUT2D eigenvalue weighted by Crippen LogP contribution is 2.26. The Morgan fingerprint density at radius 3 is 2.64 bits per heavy atom. The molecule has 122 valence electrons. The Morgan fingerprint density at radius 1 is 1.27 bits per heavy atom. The lowest BCUT2D eigenvalue weighted by atomic mass is 10.1.